The zero-order valence-electron chi connectivity index (χ0n) is 14.4. The number of aromatic carboxylic acids is 2. The molecule has 1 aromatic carbocycles. The van der Waals surface area contributed by atoms with E-state index in [1.54, 1.807) is 32.0 Å². The number of hydrogen-bond acceptors (Lipinski definition) is 6. The lowest BCUT2D eigenvalue weighted by Crippen LogP contribution is -2.24. The fraction of sp³-hybridized carbons (Fsp3) is 0.111. The van der Waals surface area contributed by atoms with E-state index in [4.69, 9.17) is 10.3 Å². The number of nitrogens with zero attached hydrogens (tertiary/aromatic N) is 1. The van der Waals surface area contributed by atoms with Crippen LogP contribution >= 0.6 is 0 Å². The van der Waals surface area contributed by atoms with Gasteiger partial charge in [0.1, 0.15) is 22.7 Å². The summed E-state index contributed by atoms with van der Waals surface area (Å²) in [4.78, 5) is 37.6. The molecule has 0 atom stereocenters. The summed E-state index contributed by atoms with van der Waals surface area (Å²) >= 11 is 0. The molecule has 0 aliphatic carbocycles. The number of carboxylic acids is 2. The van der Waals surface area contributed by atoms with E-state index in [2.05, 4.69) is 10.1 Å². The quantitative estimate of drug-likeness (QED) is 0.545. The van der Waals surface area contributed by atoms with Crippen LogP contribution in [0.4, 0.5) is 5.82 Å². The van der Waals surface area contributed by atoms with Gasteiger partial charge in [-0.25, -0.2) is 9.59 Å². The molecule has 0 bridgehead atoms. The fourth-order valence-corrected chi connectivity index (χ4v) is 3.06. The minimum absolute atomic E-state index is 0.222. The number of nitrogens with one attached hydrogen (secondary N) is 1. The number of anilines is 1. The minimum atomic E-state index is -1.56. The van der Waals surface area contributed by atoms with Gasteiger partial charge in [-0.05, 0) is 31.0 Å². The Kier molecular flexibility index (Phi) is 4.28. The first-order valence-electron chi connectivity index (χ1n) is 7.78. The first-order chi connectivity index (χ1) is 12.7. The lowest BCUT2D eigenvalue weighted by molar-refractivity contribution is 0.0695. The van der Waals surface area contributed by atoms with E-state index >= 15 is 0 Å². The number of aromatic amines is 1. The summed E-state index contributed by atoms with van der Waals surface area (Å²) in [7, 11) is 0. The van der Waals surface area contributed by atoms with E-state index in [1.165, 1.54) is 6.07 Å². The molecule has 27 heavy (non-hydrogen) atoms. The van der Waals surface area contributed by atoms with Crippen molar-refractivity contribution in [1.29, 1.82) is 0 Å². The van der Waals surface area contributed by atoms with Crippen molar-refractivity contribution in [1.82, 2.24) is 10.1 Å². The van der Waals surface area contributed by atoms with Crippen LogP contribution in [0.1, 0.15) is 32.2 Å². The van der Waals surface area contributed by atoms with E-state index in [0.29, 0.717) is 22.6 Å². The Morgan fingerprint density at radius 2 is 1.67 bits per heavy atom. The zero-order valence-corrected chi connectivity index (χ0v) is 14.4. The predicted molar refractivity (Wildman–Crippen MR) is 95.8 cm³/mol. The van der Waals surface area contributed by atoms with Crippen LogP contribution in [0, 0.1) is 13.8 Å². The summed E-state index contributed by atoms with van der Waals surface area (Å²) in [6.45, 7) is 3.47. The topological polar surface area (TPSA) is 160 Å². The standard InChI is InChI=1S/C18H15N3O6/c1-7-11(8(2)27-21-7)9-4-3-5-10(6-9)12-13(17(23)24)15(19)20-16(22)14(12)18(25)26/h3-6H,1-2H3,(H,23,24)(H,25,26)(H3,19,20,22). The number of pyridine rings is 1. The van der Waals surface area contributed by atoms with Crippen LogP contribution in [-0.2, 0) is 0 Å². The Morgan fingerprint density at radius 1 is 1.07 bits per heavy atom. The zero-order chi connectivity index (χ0) is 19.9. The Morgan fingerprint density at radius 3 is 2.19 bits per heavy atom. The van der Waals surface area contributed by atoms with Crippen LogP contribution in [0.15, 0.2) is 33.6 Å². The summed E-state index contributed by atoms with van der Waals surface area (Å²) in [5.74, 6) is -2.89. The van der Waals surface area contributed by atoms with Crippen molar-refractivity contribution in [2.24, 2.45) is 0 Å². The number of carbonyl (C=O) groups is 2. The molecule has 0 unspecified atom stereocenters. The molecule has 0 saturated heterocycles. The van der Waals surface area contributed by atoms with Gasteiger partial charge in [0.05, 0.1) is 5.69 Å². The molecule has 9 nitrogen and oxygen atoms in total. The normalized spacial score (nSPS) is 10.7. The van der Waals surface area contributed by atoms with Crippen molar-refractivity contribution < 1.29 is 24.3 Å². The van der Waals surface area contributed by atoms with Gasteiger partial charge in [-0.1, -0.05) is 23.4 Å². The van der Waals surface area contributed by atoms with E-state index in [1.807, 2.05) is 0 Å². The van der Waals surface area contributed by atoms with E-state index in [0.717, 1.165) is 0 Å². The maximum atomic E-state index is 12.1. The molecule has 0 aliphatic rings. The Hall–Kier alpha value is -3.88. The number of carboxylic acid groups (broad SMARTS) is 2. The van der Waals surface area contributed by atoms with E-state index in [-0.39, 0.29) is 11.1 Å². The molecule has 0 fully saturated rings. The van der Waals surface area contributed by atoms with Crippen LogP contribution < -0.4 is 11.3 Å². The maximum Gasteiger partial charge on any atom is 0.342 e. The second-order valence-electron chi connectivity index (χ2n) is 5.88. The van der Waals surface area contributed by atoms with Gasteiger partial charge in [0.2, 0.25) is 0 Å². The third kappa shape index (κ3) is 2.95. The first-order valence-corrected chi connectivity index (χ1v) is 7.78. The minimum Gasteiger partial charge on any atom is -0.478 e. The molecule has 2 heterocycles. The highest BCUT2D eigenvalue weighted by Gasteiger charge is 2.27. The molecular weight excluding hydrogens is 354 g/mol. The van der Waals surface area contributed by atoms with Crippen LogP contribution in [0.3, 0.4) is 0 Å². The van der Waals surface area contributed by atoms with Crippen molar-refractivity contribution in [3.63, 3.8) is 0 Å². The predicted octanol–water partition coefficient (Wildman–Crippen LogP) is 2.29. The van der Waals surface area contributed by atoms with Crippen molar-refractivity contribution in [2.75, 3.05) is 5.73 Å². The summed E-state index contributed by atoms with van der Waals surface area (Å²) in [6, 6.07) is 6.44. The highest BCUT2D eigenvalue weighted by molar-refractivity contribution is 6.07. The van der Waals surface area contributed by atoms with Crippen LogP contribution in [0.2, 0.25) is 0 Å². The highest BCUT2D eigenvalue weighted by Crippen LogP contribution is 2.34. The lowest BCUT2D eigenvalue weighted by atomic mass is 9.92. The van der Waals surface area contributed by atoms with Crippen molar-refractivity contribution >= 4 is 17.8 Å². The van der Waals surface area contributed by atoms with Gasteiger partial charge in [-0.15, -0.1) is 0 Å². The van der Waals surface area contributed by atoms with Crippen LogP contribution in [0.5, 0.6) is 0 Å². The smallest absolute Gasteiger partial charge is 0.342 e. The van der Waals surface area contributed by atoms with E-state index < -0.39 is 34.4 Å². The van der Waals surface area contributed by atoms with Gasteiger partial charge in [-0.2, -0.15) is 0 Å². The van der Waals surface area contributed by atoms with Crippen LogP contribution in [-0.4, -0.2) is 32.3 Å². The molecule has 0 spiro atoms. The third-order valence-electron chi connectivity index (χ3n) is 4.15. The molecule has 3 aromatic rings. The van der Waals surface area contributed by atoms with Gasteiger partial charge >= 0.3 is 11.9 Å². The number of H-pyrrole nitrogens is 1. The number of hydrogen-bond donors (Lipinski definition) is 4. The number of nitrogens with two attached hydrogens (primary N) is 1. The Balaban J connectivity index is 2.38. The number of aromatic nitrogens is 2. The second-order valence-corrected chi connectivity index (χ2v) is 5.88. The largest absolute Gasteiger partial charge is 0.478 e. The summed E-state index contributed by atoms with van der Waals surface area (Å²) in [5, 5.41) is 22.9. The average molecular weight is 369 g/mol. The lowest BCUT2D eigenvalue weighted by Gasteiger charge is -2.13. The van der Waals surface area contributed by atoms with E-state index in [9.17, 15) is 24.6 Å². The maximum absolute atomic E-state index is 12.1. The molecule has 0 saturated carbocycles. The summed E-state index contributed by atoms with van der Waals surface area (Å²) in [5.41, 5.74) is 5.40. The van der Waals surface area contributed by atoms with Gasteiger partial charge in [0, 0.05) is 11.1 Å². The SMILES string of the molecule is Cc1noc(C)c1-c1cccc(-c2c(C(=O)O)c(N)[nH]c(=O)c2C(=O)O)c1. The Bertz CT molecular complexity index is 1120. The number of aryl methyl sites for hydroxylation is 2. The highest BCUT2D eigenvalue weighted by atomic mass is 16.5. The van der Waals surface area contributed by atoms with Gasteiger partial charge in [0.15, 0.2) is 0 Å². The molecule has 5 N–H and O–H groups in total. The summed E-state index contributed by atoms with van der Waals surface area (Å²) in [6.07, 6.45) is 0. The Labute approximate surface area is 152 Å². The first kappa shape index (κ1) is 17.9. The molecule has 9 heteroatoms. The third-order valence-corrected chi connectivity index (χ3v) is 4.15. The molecular formula is C18H15N3O6. The van der Waals surface area contributed by atoms with Crippen molar-refractivity contribution in [3.05, 3.63) is 57.2 Å². The summed E-state index contributed by atoms with van der Waals surface area (Å²) < 4.78 is 5.14. The number of rotatable bonds is 4. The molecule has 3 rings (SSSR count). The number of benzene rings is 1. The molecule has 0 aliphatic heterocycles. The molecule has 0 radical (unpaired) electrons. The van der Waals surface area contributed by atoms with Gasteiger partial charge < -0.3 is 25.5 Å². The van der Waals surface area contributed by atoms with Crippen LogP contribution in [0.25, 0.3) is 22.3 Å². The second kappa shape index (κ2) is 6.45. The fourth-order valence-electron chi connectivity index (χ4n) is 3.06. The average Bonchev–Trinajstić information content (AvgIpc) is 2.92. The molecule has 138 valence electrons. The monoisotopic (exact) mass is 369 g/mol. The molecule has 0 amide bonds. The van der Waals surface area contributed by atoms with Gasteiger partial charge in [0.25, 0.3) is 5.56 Å². The van der Waals surface area contributed by atoms with Gasteiger partial charge in [-0.3, -0.25) is 4.79 Å². The number of nitrogen functional groups attached to an aromatic ring is 1. The molecule has 2 aromatic heterocycles. The van der Waals surface area contributed by atoms with Crippen molar-refractivity contribution in [2.45, 2.75) is 13.8 Å². The van der Waals surface area contributed by atoms with Crippen molar-refractivity contribution in [3.8, 4) is 22.3 Å².